The van der Waals surface area contributed by atoms with Gasteiger partial charge in [-0.2, -0.15) is 4.31 Å². The van der Waals surface area contributed by atoms with Crippen LogP contribution in [0.15, 0.2) is 42.5 Å². The minimum Gasteiger partial charge on any atom is -0.363 e. The number of H-pyrrole nitrogens is 1. The fourth-order valence-corrected chi connectivity index (χ4v) is 3.09. The third-order valence-corrected chi connectivity index (χ3v) is 4.53. The van der Waals surface area contributed by atoms with Crippen LogP contribution in [0.4, 0.5) is 0 Å². The normalized spacial score (nSPS) is 12.0. The van der Waals surface area contributed by atoms with Gasteiger partial charge >= 0.3 is 0 Å². The van der Waals surface area contributed by atoms with E-state index >= 15 is 0 Å². The standard InChI is InChI=1S/C14H23N3O2S/c1-5-7-17(8-6-2)20(18,19)14-9-13(16-11-14)10-15-12(3)4/h5-6,9,11-12,15-16H,1-2,7-8,10H2,3-4H3. The van der Waals surface area contributed by atoms with Gasteiger partial charge in [0.2, 0.25) is 10.0 Å². The highest BCUT2D eigenvalue weighted by atomic mass is 32.2. The van der Waals surface area contributed by atoms with Crippen LogP contribution < -0.4 is 5.32 Å². The molecule has 2 N–H and O–H groups in total. The summed E-state index contributed by atoms with van der Waals surface area (Å²) in [5, 5.41) is 3.23. The predicted molar refractivity (Wildman–Crippen MR) is 81.9 cm³/mol. The molecule has 20 heavy (non-hydrogen) atoms. The molecule has 5 nitrogen and oxygen atoms in total. The minimum absolute atomic E-state index is 0.263. The molecule has 0 aliphatic carbocycles. The Labute approximate surface area is 121 Å². The van der Waals surface area contributed by atoms with Gasteiger partial charge in [0.1, 0.15) is 0 Å². The molecule has 1 rings (SSSR count). The number of nitrogens with one attached hydrogen (secondary N) is 2. The first kappa shape index (κ1) is 16.7. The average Bonchev–Trinajstić information content (AvgIpc) is 2.85. The molecule has 0 aliphatic rings. The number of hydrogen-bond acceptors (Lipinski definition) is 3. The summed E-state index contributed by atoms with van der Waals surface area (Å²) >= 11 is 0. The maximum absolute atomic E-state index is 12.5. The van der Waals surface area contributed by atoms with Crippen LogP contribution in [0.2, 0.25) is 0 Å². The summed E-state index contributed by atoms with van der Waals surface area (Å²) in [5.41, 5.74) is 0.842. The first-order valence-corrected chi connectivity index (χ1v) is 7.98. The molecule has 6 heteroatoms. The molecule has 0 aromatic carbocycles. The van der Waals surface area contributed by atoms with Gasteiger partial charge in [-0.05, 0) is 6.07 Å². The lowest BCUT2D eigenvalue weighted by atomic mass is 10.3. The van der Waals surface area contributed by atoms with Gasteiger partial charge in [-0.25, -0.2) is 8.42 Å². The van der Waals surface area contributed by atoms with E-state index in [1.54, 1.807) is 18.2 Å². The highest BCUT2D eigenvalue weighted by Gasteiger charge is 2.23. The van der Waals surface area contributed by atoms with E-state index in [9.17, 15) is 8.42 Å². The van der Waals surface area contributed by atoms with Crippen molar-refractivity contribution in [2.45, 2.75) is 31.3 Å². The largest absolute Gasteiger partial charge is 0.363 e. The summed E-state index contributed by atoms with van der Waals surface area (Å²) in [6.45, 7) is 12.4. The molecule has 0 saturated carbocycles. The molecule has 0 bridgehead atoms. The van der Waals surface area contributed by atoms with Gasteiger partial charge in [0, 0.05) is 37.6 Å². The third kappa shape index (κ3) is 4.33. The van der Waals surface area contributed by atoms with Gasteiger partial charge in [0.25, 0.3) is 0 Å². The van der Waals surface area contributed by atoms with E-state index in [0.717, 1.165) is 5.69 Å². The highest BCUT2D eigenvalue weighted by Crippen LogP contribution is 2.17. The van der Waals surface area contributed by atoms with Crippen LogP contribution in [-0.2, 0) is 16.6 Å². The van der Waals surface area contributed by atoms with Crippen molar-refractivity contribution in [2.24, 2.45) is 0 Å². The minimum atomic E-state index is -3.51. The molecule has 112 valence electrons. The van der Waals surface area contributed by atoms with Crippen LogP contribution in [0.1, 0.15) is 19.5 Å². The van der Waals surface area contributed by atoms with Crippen molar-refractivity contribution >= 4 is 10.0 Å². The van der Waals surface area contributed by atoms with Crippen molar-refractivity contribution in [1.82, 2.24) is 14.6 Å². The highest BCUT2D eigenvalue weighted by molar-refractivity contribution is 7.89. The zero-order chi connectivity index (χ0) is 15.2. The lowest BCUT2D eigenvalue weighted by molar-refractivity contribution is 0.474. The molecule has 0 amide bonds. The van der Waals surface area contributed by atoms with E-state index in [0.29, 0.717) is 12.6 Å². The molecule has 0 spiro atoms. The molecule has 0 aliphatic heterocycles. The van der Waals surface area contributed by atoms with E-state index in [4.69, 9.17) is 0 Å². The number of aromatic nitrogens is 1. The van der Waals surface area contributed by atoms with Gasteiger partial charge < -0.3 is 10.3 Å². The monoisotopic (exact) mass is 297 g/mol. The van der Waals surface area contributed by atoms with Crippen LogP contribution in [0.25, 0.3) is 0 Å². The first-order chi connectivity index (χ1) is 9.41. The maximum atomic E-state index is 12.5. The number of nitrogens with zero attached hydrogens (tertiary/aromatic N) is 1. The first-order valence-electron chi connectivity index (χ1n) is 6.54. The summed E-state index contributed by atoms with van der Waals surface area (Å²) < 4.78 is 26.2. The summed E-state index contributed by atoms with van der Waals surface area (Å²) in [5.74, 6) is 0. The zero-order valence-electron chi connectivity index (χ0n) is 12.1. The van der Waals surface area contributed by atoms with Crippen LogP contribution in [-0.4, -0.2) is 36.8 Å². The average molecular weight is 297 g/mol. The maximum Gasteiger partial charge on any atom is 0.245 e. The van der Waals surface area contributed by atoms with E-state index in [2.05, 4.69) is 23.5 Å². The molecule has 1 aromatic rings. The van der Waals surface area contributed by atoms with E-state index < -0.39 is 10.0 Å². The number of hydrogen-bond donors (Lipinski definition) is 2. The number of aromatic amines is 1. The Morgan fingerprint density at radius 2 is 1.95 bits per heavy atom. The van der Waals surface area contributed by atoms with Gasteiger partial charge in [0.05, 0.1) is 4.90 Å². The molecule has 0 saturated heterocycles. The molecular formula is C14H23N3O2S. The zero-order valence-corrected chi connectivity index (χ0v) is 12.9. The fourth-order valence-electron chi connectivity index (χ4n) is 1.69. The Morgan fingerprint density at radius 1 is 1.35 bits per heavy atom. The number of sulfonamides is 1. The van der Waals surface area contributed by atoms with Crippen molar-refractivity contribution < 1.29 is 8.42 Å². The molecule has 0 radical (unpaired) electrons. The predicted octanol–water partition coefficient (Wildman–Crippen LogP) is 1.88. The van der Waals surface area contributed by atoms with Crippen LogP contribution in [0.3, 0.4) is 0 Å². The summed E-state index contributed by atoms with van der Waals surface area (Å²) in [6.07, 6.45) is 4.65. The molecule has 1 heterocycles. The summed E-state index contributed by atoms with van der Waals surface area (Å²) in [7, 11) is -3.51. The molecular weight excluding hydrogens is 274 g/mol. The van der Waals surface area contributed by atoms with Crippen molar-refractivity contribution in [2.75, 3.05) is 13.1 Å². The van der Waals surface area contributed by atoms with Crippen LogP contribution in [0, 0.1) is 0 Å². The van der Waals surface area contributed by atoms with Gasteiger partial charge in [-0.3, -0.25) is 0 Å². The van der Waals surface area contributed by atoms with Gasteiger partial charge in [0.15, 0.2) is 0 Å². The number of rotatable bonds is 9. The Hall–Kier alpha value is -1.37. The smallest absolute Gasteiger partial charge is 0.245 e. The van der Waals surface area contributed by atoms with Crippen molar-refractivity contribution in [3.63, 3.8) is 0 Å². The quantitative estimate of drug-likeness (QED) is 0.684. The van der Waals surface area contributed by atoms with Gasteiger partial charge in [-0.15, -0.1) is 13.2 Å². The second-order valence-corrected chi connectivity index (χ2v) is 6.73. The molecule has 0 atom stereocenters. The molecule has 1 aromatic heterocycles. The lowest BCUT2D eigenvalue weighted by Crippen LogP contribution is -2.31. The van der Waals surface area contributed by atoms with Crippen molar-refractivity contribution in [3.8, 4) is 0 Å². The van der Waals surface area contributed by atoms with E-state index in [-0.39, 0.29) is 18.0 Å². The molecule has 0 unspecified atom stereocenters. The topological polar surface area (TPSA) is 65.2 Å². The van der Waals surface area contributed by atoms with Crippen LogP contribution >= 0.6 is 0 Å². The van der Waals surface area contributed by atoms with Crippen molar-refractivity contribution in [1.29, 1.82) is 0 Å². The Balaban J connectivity index is 2.91. The fraction of sp³-hybridized carbons (Fsp3) is 0.429. The molecule has 0 fully saturated rings. The Kier molecular flexibility index (Phi) is 6.19. The second-order valence-electron chi connectivity index (χ2n) is 4.80. The van der Waals surface area contributed by atoms with Crippen molar-refractivity contribution in [3.05, 3.63) is 43.3 Å². The Morgan fingerprint density at radius 3 is 2.45 bits per heavy atom. The van der Waals surface area contributed by atoms with E-state index in [1.807, 2.05) is 13.8 Å². The van der Waals surface area contributed by atoms with Crippen LogP contribution in [0.5, 0.6) is 0 Å². The summed E-state index contributed by atoms with van der Waals surface area (Å²) in [6, 6.07) is 2.00. The SMILES string of the molecule is C=CCN(CC=C)S(=O)(=O)c1c[nH]c(CNC(C)C)c1. The second kappa shape index (κ2) is 7.42. The summed E-state index contributed by atoms with van der Waals surface area (Å²) in [4.78, 5) is 3.25. The lowest BCUT2D eigenvalue weighted by Gasteiger charge is -2.17. The van der Waals surface area contributed by atoms with Gasteiger partial charge in [-0.1, -0.05) is 26.0 Å². The Bertz CT molecular complexity index is 537. The van der Waals surface area contributed by atoms with E-state index in [1.165, 1.54) is 10.5 Å². The third-order valence-electron chi connectivity index (χ3n) is 2.72.